The van der Waals surface area contributed by atoms with Gasteiger partial charge in [-0.1, -0.05) is 19.8 Å². The molecule has 1 fully saturated rings. The minimum Gasteiger partial charge on any atom is -0.460 e. The maximum atomic E-state index is 12.3. The highest BCUT2D eigenvalue weighted by Crippen LogP contribution is 2.29. The van der Waals surface area contributed by atoms with Gasteiger partial charge in [-0.25, -0.2) is 14.8 Å². The quantitative estimate of drug-likeness (QED) is 0.671. The molecule has 2 atom stereocenters. The van der Waals surface area contributed by atoms with Crippen molar-refractivity contribution in [2.75, 3.05) is 5.32 Å². The van der Waals surface area contributed by atoms with Gasteiger partial charge in [-0.05, 0) is 56.4 Å². The van der Waals surface area contributed by atoms with Crippen LogP contribution in [0.2, 0.25) is 0 Å². The van der Waals surface area contributed by atoms with E-state index in [1.54, 1.807) is 18.3 Å². The molecule has 1 saturated carbocycles. The molecule has 2 N–H and O–H groups in total. The van der Waals surface area contributed by atoms with E-state index in [1.165, 1.54) is 19.3 Å². The number of urea groups is 1. The Labute approximate surface area is 164 Å². The lowest BCUT2D eigenvalue weighted by Crippen LogP contribution is -2.36. The van der Waals surface area contributed by atoms with Crippen LogP contribution in [0.25, 0.3) is 22.6 Å². The van der Waals surface area contributed by atoms with Crippen LogP contribution in [-0.4, -0.2) is 27.0 Å². The maximum Gasteiger partial charge on any atom is 0.320 e. The number of carbonyl (C=O) groups excluding carboxylic acids is 1. The van der Waals surface area contributed by atoms with Crippen molar-refractivity contribution in [2.24, 2.45) is 5.92 Å². The summed E-state index contributed by atoms with van der Waals surface area (Å²) in [5.74, 6) is 2.64. The number of carbonyl (C=O) groups is 1. The second kappa shape index (κ2) is 7.96. The Kier molecular flexibility index (Phi) is 5.23. The highest BCUT2D eigenvalue weighted by molar-refractivity contribution is 5.89. The molecule has 146 valence electrons. The van der Waals surface area contributed by atoms with Gasteiger partial charge in [0.2, 0.25) is 0 Å². The fourth-order valence-electron chi connectivity index (χ4n) is 3.87. The third-order valence-electron chi connectivity index (χ3n) is 5.21. The molecule has 0 aliphatic heterocycles. The SMILES string of the molecule is CCCC1CCC(NC(=O)Nc2ccc3ncc(-c4ccc(C)o4)nc3n2)C1. The van der Waals surface area contributed by atoms with E-state index in [-0.39, 0.29) is 12.1 Å². The average molecular weight is 379 g/mol. The molecule has 3 aromatic rings. The zero-order valence-corrected chi connectivity index (χ0v) is 16.2. The fraction of sp³-hybridized carbons (Fsp3) is 0.429. The lowest BCUT2D eigenvalue weighted by atomic mass is 10.0. The van der Waals surface area contributed by atoms with Crippen LogP contribution >= 0.6 is 0 Å². The second-order valence-electron chi connectivity index (χ2n) is 7.47. The van der Waals surface area contributed by atoms with Crippen LogP contribution in [0.5, 0.6) is 0 Å². The first-order chi connectivity index (χ1) is 13.6. The van der Waals surface area contributed by atoms with E-state index in [4.69, 9.17) is 4.42 Å². The monoisotopic (exact) mass is 379 g/mol. The zero-order valence-electron chi connectivity index (χ0n) is 16.2. The minimum atomic E-state index is -0.222. The van der Waals surface area contributed by atoms with Crippen LogP contribution in [0.1, 0.15) is 44.8 Å². The number of aryl methyl sites for hydroxylation is 1. The van der Waals surface area contributed by atoms with E-state index >= 15 is 0 Å². The zero-order chi connectivity index (χ0) is 19.5. The number of amides is 2. The van der Waals surface area contributed by atoms with Crippen molar-refractivity contribution in [1.82, 2.24) is 20.3 Å². The van der Waals surface area contributed by atoms with Gasteiger partial charge in [-0.2, -0.15) is 0 Å². The molecule has 2 amide bonds. The summed E-state index contributed by atoms with van der Waals surface area (Å²) in [5, 5.41) is 5.88. The van der Waals surface area contributed by atoms with E-state index in [1.807, 2.05) is 19.1 Å². The number of anilines is 1. The van der Waals surface area contributed by atoms with E-state index in [9.17, 15) is 4.79 Å². The Morgan fingerprint density at radius 1 is 1.21 bits per heavy atom. The van der Waals surface area contributed by atoms with Crippen LogP contribution in [0.15, 0.2) is 34.9 Å². The molecule has 3 aromatic heterocycles. The Morgan fingerprint density at radius 3 is 2.89 bits per heavy atom. The first kappa shape index (κ1) is 18.4. The van der Waals surface area contributed by atoms with Crippen molar-refractivity contribution < 1.29 is 9.21 Å². The number of furan rings is 1. The smallest absolute Gasteiger partial charge is 0.320 e. The predicted molar refractivity (Wildman–Crippen MR) is 108 cm³/mol. The molecule has 0 spiro atoms. The Hall–Kier alpha value is -2.96. The van der Waals surface area contributed by atoms with Crippen molar-refractivity contribution in [3.05, 3.63) is 36.2 Å². The number of aromatic nitrogens is 3. The molecule has 1 aliphatic rings. The molecule has 7 heteroatoms. The molecule has 0 saturated heterocycles. The number of hydrogen-bond donors (Lipinski definition) is 2. The Bertz CT molecular complexity index is 984. The number of fused-ring (bicyclic) bond motifs is 1. The lowest BCUT2D eigenvalue weighted by Gasteiger charge is -2.14. The van der Waals surface area contributed by atoms with Gasteiger partial charge in [0.1, 0.15) is 22.8 Å². The van der Waals surface area contributed by atoms with Crippen LogP contribution in [0.4, 0.5) is 10.6 Å². The number of pyridine rings is 1. The van der Waals surface area contributed by atoms with Crippen molar-refractivity contribution >= 4 is 23.0 Å². The van der Waals surface area contributed by atoms with Crippen LogP contribution in [-0.2, 0) is 0 Å². The predicted octanol–water partition coefficient (Wildman–Crippen LogP) is 4.68. The van der Waals surface area contributed by atoms with Crippen LogP contribution < -0.4 is 10.6 Å². The summed E-state index contributed by atoms with van der Waals surface area (Å²) in [6.45, 7) is 4.09. The average Bonchev–Trinajstić information content (AvgIpc) is 3.30. The van der Waals surface area contributed by atoms with Crippen molar-refractivity contribution in [1.29, 1.82) is 0 Å². The number of nitrogens with zero attached hydrogens (tertiary/aromatic N) is 3. The number of hydrogen-bond acceptors (Lipinski definition) is 5. The molecule has 2 unspecified atom stereocenters. The van der Waals surface area contributed by atoms with Crippen molar-refractivity contribution in [2.45, 2.75) is 52.0 Å². The molecule has 7 nitrogen and oxygen atoms in total. The summed E-state index contributed by atoms with van der Waals surface area (Å²) >= 11 is 0. The summed E-state index contributed by atoms with van der Waals surface area (Å²) in [6.07, 6.45) is 7.39. The van der Waals surface area contributed by atoms with Gasteiger partial charge in [0.05, 0.1) is 6.20 Å². The van der Waals surface area contributed by atoms with Crippen molar-refractivity contribution in [3.8, 4) is 11.5 Å². The van der Waals surface area contributed by atoms with Gasteiger partial charge in [-0.3, -0.25) is 10.3 Å². The standard InChI is InChI=1S/C21H25N5O2/c1-3-4-14-6-7-15(11-14)23-21(27)26-19-10-8-16-20(25-19)24-17(12-22-16)18-9-5-13(2)28-18/h5,8-10,12,14-15H,3-4,6-7,11H2,1-2H3,(H2,23,24,25,26,27). The molecule has 4 rings (SSSR count). The Morgan fingerprint density at radius 2 is 2.11 bits per heavy atom. The van der Waals surface area contributed by atoms with E-state index in [0.29, 0.717) is 28.4 Å². The van der Waals surface area contributed by atoms with Gasteiger partial charge in [0, 0.05) is 6.04 Å². The van der Waals surface area contributed by atoms with Crippen LogP contribution in [0, 0.1) is 12.8 Å². The first-order valence-electron chi connectivity index (χ1n) is 9.89. The number of nitrogens with one attached hydrogen (secondary N) is 2. The molecule has 0 bridgehead atoms. The molecule has 1 aliphatic carbocycles. The summed E-state index contributed by atoms with van der Waals surface area (Å²) < 4.78 is 5.60. The Balaban J connectivity index is 1.44. The van der Waals surface area contributed by atoms with Gasteiger partial charge < -0.3 is 9.73 Å². The van der Waals surface area contributed by atoms with E-state index in [2.05, 4.69) is 32.5 Å². The highest BCUT2D eigenvalue weighted by Gasteiger charge is 2.25. The van der Waals surface area contributed by atoms with Gasteiger partial charge in [0.15, 0.2) is 11.4 Å². The largest absolute Gasteiger partial charge is 0.460 e. The summed E-state index contributed by atoms with van der Waals surface area (Å²) in [6, 6.07) is 7.29. The summed E-state index contributed by atoms with van der Waals surface area (Å²) in [7, 11) is 0. The third kappa shape index (κ3) is 4.13. The molecule has 0 aromatic carbocycles. The van der Waals surface area contributed by atoms with E-state index in [0.717, 1.165) is 24.5 Å². The minimum absolute atomic E-state index is 0.222. The maximum absolute atomic E-state index is 12.3. The van der Waals surface area contributed by atoms with Gasteiger partial charge in [-0.15, -0.1) is 0 Å². The fourth-order valence-corrected chi connectivity index (χ4v) is 3.87. The van der Waals surface area contributed by atoms with E-state index < -0.39 is 0 Å². The molecule has 28 heavy (non-hydrogen) atoms. The molecular weight excluding hydrogens is 354 g/mol. The summed E-state index contributed by atoms with van der Waals surface area (Å²) in [5.41, 5.74) is 1.74. The highest BCUT2D eigenvalue weighted by atomic mass is 16.3. The second-order valence-corrected chi connectivity index (χ2v) is 7.47. The normalized spacial score (nSPS) is 19.1. The first-order valence-corrected chi connectivity index (χ1v) is 9.89. The topological polar surface area (TPSA) is 92.9 Å². The lowest BCUT2D eigenvalue weighted by molar-refractivity contribution is 0.248. The molecule has 3 heterocycles. The number of rotatable bonds is 5. The molecular formula is C21H25N5O2. The molecule has 0 radical (unpaired) electrons. The third-order valence-corrected chi connectivity index (χ3v) is 5.21. The van der Waals surface area contributed by atoms with Crippen molar-refractivity contribution in [3.63, 3.8) is 0 Å². The summed E-state index contributed by atoms with van der Waals surface area (Å²) in [4.78, 5) is 25.7. The van der Waals surface area contributed by atoms with Crippen LogP contribution in [0.3, 0.4) is 0 Å². The van der Waals surface area contributed by atoms with Gasteiger partial charge >= 0.3 is 6.03 Å². The van der Waals surface area contributed by atoms with Gasteiger partial charge in [0.25, 0.3) is 0 Å².